The van der Waals surface area contributed by atoms with Gasteiger partial charge >= 0.3 is 0 Å². The third-order valence-electron chi connectivity index (χ3n) is 3.83. The van der Waals surface area contributed by atoms with Crippen LogP contribution in [0.2, 0.25) is 0 Å². The van der Waals surface area contributed by atoms with E-state index in [2.05, 4.69) is 21.2 Å². The Hall–Kier alpha value is -2.06. The van der Waals surface area contributed by atoms with E-state index in [9.17, 15) is 13.2 Å². The van der Waals surface area contributed by atoms with Crippen molar-refractivity contribution in [2.24, 2.45) is 0 Å². The molecule has 0 saturated carbocycles. The van der Waals surface area contributed by atoms with Crippen molar-refractivity contribution in [1.29, 1.82) is 0 Å². The molecule has 0 atom stereocenters. The summed E-state index contributed by atoms with van der Waals surface area (Å²) in [6.07, 6.45) is 1.08. The van der Waals surface area contributed by atoms with Crippen molar-refractivity contribution in [2.75, 3.05) is 30.3 Å². The van der Waals surface area contributed by atoms with Crippen LogP contribution in [-0.2, 0) is 14.8 Å². The number of rotatable bonds is 8. The van der Waals surface area contributed by atoms with Gasteiger partial charge in [0.1, 0.15) is 18.9 Å². The summed E-state index contributed by atoms with van der Waals surface area (Å²) in [4.78, 5) is 12.2. The minimum absolute atomic E-state index is 0.281. The zero-order valence-corrected chi connectivity index (χ0v) is 17.9. The van der Waals surface area contributed by atoms with E-state index in [4.69, 9.17) is 4.74 Å². The molecule has 0 radical (unpaired) electrons. The minimum Gasteiger partial charge on any atom is -0.492 e. The molecule has 0 unspecified atom stereocenters. The molecule has 1 amide bonds. The first-order chi connectivity index (χ1) is 12.7. The van der Waals surface area contributed by atoms with E-state index in [0.717, 1.165) is 31.9 Å². The number of sulfonamides is 1. The molecule has 8 heteroatoms. The van der Waals surface area contributed by atoms with Crippen LogP contribution in [0.3, 0.4) is 0 Å². The summed E-state index contributed by atoms with van der Waals surface area (Å²) < 4.78 is 31.7. The van der Waals surface area contributed by atoms with Crippen LogP contribution in [0.4, 0.5) is 5.69 Å². The van der Waals surface area contributed by atoms with Gasteiger partial charge in [-0.15, -0.1) is 0 Å². The highest BCUT2D eigenvalue weighted by atomic mass is 79.9. The van der Waals surface area contributed by atoms with Crippen LogP contribution < -0.4 is 14.4 Å². The van der Waals surface area contributed by atoms with E-state index in [1.54, 1.807) is 18.2 Å². The molecular weight excluding hydrogens is 432 g/mol. The van der Waals surface area contributed by atoms with Crippen LogP contribution >= 0.6 is 15.9 Å². The fourth-order valence-electron chi connectivity index (χ4n) is 2.36. The quantitative estimate of drug-likeness (QED) is 0.621. The van der Waals surface area contributed by atoms with E-state index in [0.29, 0.717) is 12.3 Å². The van der Waals surface area contributed by atoms with Crippen molar-refractivity contribution in [3.63, 3.8) is 0 Å². The SMILES string of the molecule is Cc1ccc(OCCNC(=O)CN(c2ccc(Br)c(C)c2)S(C)(=O)=O)cc1. The standard InChI is InChI=1S/C19H23BrN2O4S/c1-14-4-7-17(8-5-14)26-11-10-21-19(23)13-22(27(3,24)25)16-6-9-18(20)15(2)12-16/h4-9,12H,10-11,13H2,1-3H3,(H,21,23). The number of anilines is 1. The second-order valence-electron chi connectivity index (χ2n) is 6.21. The predicted octanol–water partition coefficient (Wildman–Crippen LogP) is 3.03. The number of halogens is 1. The average molecular weight is 455 g/mol. The Morgan fingerprint density at radius 3 is 2.41 bits per heavy atom. The predicted molar refractivity (Wildman–Crippen MR) is 111 cm³/mol. The molecule has 2 aromatic carbocycles. The topological polar surface area (TPSA) is 75.7 Å². The number of benzene rings is 2. The zero-order chi connectivity index (χ0) is 20.0. The van der Waals surface area contributed by atoms with Crippen LogP contribution in [0.15, 0.2) is 46.9 Å². The lowest BCUT2D eigenvalue weighted by Gasteiger charge is -2.22. The Morgan fingerprint density at radius 2 is 1.81 bits per heavy atom. The van der Waals surface area contributed by atoms with Crippen LogP contribution in [0, 0.1) is 13.8 Å². The molecule has 2 aromatic rings. The Kier molecular flexibility index (Phi) is 7.26. The number of hydrogen-bond acceptors (Lipinski definition) is 4. The summed E-state index contributed by atoms with van der Waals surface area (Å²) in [6.45, 7) is 4.14. The molecule has 0 bridgehead atoms. The molecule has 146 valence electrons. The highest BCUT2D eigenvalue weighted by Gasteiger charge is 2.21. The van der Waals surface area contributed by atoms with Crippen molar-refractivity contribution < 1.29 is 17.9 Å². The van der Waals surface area contributed by atoms with Gasteiger partial charge in [0.2, 0.25) is 15.9 Å². The number of hydrogen-bond donors (Lipinski definition) is 1. The van der Waals surface area contributed by atoms with Gasteiger partial charge < -0.3 is 10.1 Å². The Balaban J connectivity index is 1.92. The summed E-state index contributed by atoms with van der Waals surface area (Å²) >= 11 is 3.38. The zero-order valence-electron chi connectivity index (χ0n) is 15.5. The fourth-order valence-corrected chi connectivity index (χ4v) is 3.46. The fraction of sp³-hybridized carbons (Fsp3) is 0.316. The van der Waals surface area contributed by atoms with Crippen molar-refractivity contribution >= 4 is 37.5 Å². The van der Waals surface area contributed by atoms with E-state index in [1.165, 1.54) is 0 Å². The summed E-state index contributed by atoms with van der Waals surface area (Å²) in [5, 5.41) is 2.68. The van der Waals surface area contributed by atoms with Crippen molar-refractivity contribution in [2.45, 2.75) is 13.8 Å². The van der Waals surface area contributed by atoms with Gasteiger partial charge in [-0.3, -0.25) is 9.10 Å². The molecule has 1 N–H and O–H groups in total. The molecular formula is C19H23BrN2O4S. The molecule has 2 rings (SSSR count). The summed E-state index contributed by atoms with van der Waals surface area (Å²) in [5.74, 6) is 0.325. The maximum Gasteiger partial charge on any atom is 0.240 e. The smallest absolute Gasteiger partial charge is 0.240 e. The Labute approximate surface area is 168 Å². The lowest BCUT2D eigenvalue weighted by atomic mass is 10.2. The highest BCUT2D eigenvalue weighted by Crippen LogP contribution is 2.24. The van der Waals surface area contributed by atoms with Crippen LogP contribution in [-0.4, -0.2) is 40.3 Å². The van der Waals surface area contributed by atoms with Gasteiger partial charge in [0, 0.05) is 4.47 Å². The van der Waals surface area contributed by atoms with E-state index < -0.39 is 15.9 Å². The Bertz CT molecular complexity index is 898. The maximum absolute atomic E-state index is 12.2. The number of ether oxygens (including phenoxy) is 1. The largest absolute Gasteiger partial charge is 0.492 e. The van der Waals surface area contributed by atoms with Crippen molar-refractivity contribution in [1.82, 2.24) is 5.32 Å². The monoisotopic (exact) mass is 454 g/mol. The first kappa shape index (κ1) is 21.2. The van der Waals surface area contributed by atoms with Gasteiger partial charge in [-0.25, -0.2) is 8.42 Å². The highest BCUT2D eigenvalue weighted by molar-refractivity contribution is 9.10. The normalized spacial score (nSPS) is 11.1. The Morgan fingerprint density at radius 1 is 1.15 bits per heavy atom. The molecule has 0 aliphatic rings. The van der Waals surface area contributed by atoms with E-state index in [1.807, 2.05) is 38.1 Å². The number of amides is 1. The van der Waals surface area contributed by atoms with Gasteiger partial charge in [-0.2, -0.15) is 0 Å². The van der Waals surface area contributed by atoms with Crippen molar-refractivity contribution in [3.8, 4) is 5.75 Å². The summed E-state index contributed by atoms with van der Waals surface area (Å²) in [6, 6.07) is 12.7. The third kappa shape index (κ3) is 6.55. The number of carbonyl (C=O) groups is 1. The number of nitrogens with one attached hydrogen (secondary N) is 1. The lowest BCUT2D eigenvalue weighted by molar-refractivity contribution is -0.119. The first-order valence-electron chi connectivity index (χ1n) is 8.37. The number of nitrogens with zero attached hydrogens (tertiary/aromatic N) is 1. The summed E-state index contributed by atoms with van der Waals surface area (Å²) in [7, 11) is -3.59. The number of aryl methyl sites for hydroxylation is 2. The lowest BCUT2D eigenvalue weighted by Crippen LogP contribution is -2.41. The molecule has 0 fully saturated rings. The number of carbonyl (C=O) groups excluding carboxylic acids is 1. The first-order valence-corrected chi connectivity index (χ1v) is 11.0. The molecule has 0 saturated heterocycles. The van der Waals surface area contributed by atoms with E-state index in [-0.39, 0.29) is 13.1 Å². The van der Waals surface area contributed by atoms with Crippen LogP contribution in [0.5, 0.6) is 5.75 Å². The molecule has 0 heterocycles. The molecule has 27 heavy (non-hydrogen) atoms. The van der Waals surface area contributed by atoms with Gasteiger partial charge in [0.25, 0.3) is 0 Å². The van der Waals surface area contributed by atoms with Gasteiger partial charge in [0.05, 0.1) is 18.5 Å². The van der Waals surface area contributed by atoms with E-state index >= 15 is 0 Å². The third-order valence-corrected chi connectivity index (χ3v) is 5.86. The molecule has 6 nitrogen and oxygen atoms in total. The van der Waals surface area contributed by atoms with Gasteiger partial charge in [-0.05, 0) is 49.7 Å². The van der Waals surface area contributed by atoms with Crippen LogP contribution in [0.25, 0.3) is 0 Å². The molecule has 0 aromatic heterocycles. The van der Waals surface area contributed by atoms with Gasteiger partial charge in [-0.1, -0.05) is 33.6 Å². The maximum atomic E-state index is 12.2. The molecule has 0 aliphatic carbocycles. The van der Waals surface area contributed by atoms with Crippen molar-refractivity contribution in [3.05, 3.63) is 58.1 Å². The summed E-state index contributed by atoms with van der Waals surface area (Å²) in [5.41, 5.74) is 2.47. The van der Waals surface area contributed by atoms with Gasteiger partial charge in [0.15, 0.2) is 0 Å². The second-order valence-corrected chi connectivity index (χ2v) is 8.98. The molecule has 0 aliphatic heterocycles. The minimum atomic E-state index is -3.59. The van der Waals surface area contributed by atoms with Crippen LogP contribution in [0.1, 0.15) is 11.1 Å². The second kappa shape index (κ2) is 9.23. The average Bonchev–Trinajstić information content (AvgIpc) is 2.60. The molecule has 0 spiro atoms.